The molecule has 1 N–H and O–H groups in total. The molecule has 4 rings (SSSR count). The van der Waals surface area contributed by atoms with Crippen LogP contribution in [0, 0.1) is 0 Å². The monoisotopic (exact) mass is 582 g/mol. The molecular weight excluding hydrogens is 552 g/mol. The maximum Gasteiger partial charge on any atom is 0.303 e. The number of aromatic nitrogens is 4. The summed E-state index contributed by atoms with van der Waals surface area (Å²) in [5, 5.41) is 14.0. The molecule has 0 radical (unpaired) electrons. The molecule has 3 aromatic rings. The fraction of sp³-hybridized carbons (Fsp3) is 0.393. The van der Waals surface area contributed by atoms with E-state index in [9.17, 15) is 19.2 Å². The van der Waals surface area contributed by atoms with Gasteiger partial charge in [-0.15, -0.1) is 10.2 Å². The van der Waals surface area contributed by atoms with E-state index in [2.05, 4.69) is 20.6 Å². The van der Waals surface area contributed by atoms with E-state index in [1.54, 1.807) is 12.1 Å². The fourth-order valence-corrected chi connectivity index (χ4v) is 4.51. The lowest BCUT2D eigenvalue weighted by molar-refractivity contribution is -0.288. The first-order valence-corrected chi connectivity index (χ1v) is 13.0. The Morgan fingerprint density at radius 3 is 2.19 bits per heavy atom. The van der Waals surface area contributed by atoms with Gasteiger partial charge in [-0.05, 0) is 17.2 Å². The van der Waals surface area contributed by atoms with Crippen molar-refractivity contribution in [1.29, 1.82) is 0 Å². The predicted octanol–water partition coefficient (Wildman–Crippen LogP) is 1.92. The molecule has 14 heteroatoms. The molecule has 0 bridgehead atoms. The first-order valence-electron chi connectivity index (χ1n) is 13.0. The second-order valence-corrected chi connectivity index (χ2v) is 9.39. The van der Waals surface area contributed by atoms with Crippen LogP contribution in [0.15, 0.2) is 48.5 Å². The second kappa shape index (κ2) is 13.7. The zero-order valence-electron chi connectivity index (χ0n) is 23.3. The van der Waals surface area contributed by atoms with Gasteiger partial charge in [-0.2, -0.15) is 5.21 Å². The zero-order chi connectivity index (χ0) is 30.2. The van der Waals surface area contributed by atoms with Crippen LogP contribution >= 0.6 is 0 Å². The van der Waals surface area contributed by atoms with E-state index in [0.717, 1.165) is 31.9 Å². The van der Waals surface area contributed by atoms with E-state index in [1.165, 1.54) is 6.92 Å². The van der Waals surface area contributed by atoms with Crippen molar-refractivity contribution in [2.75, 3.05) is 6.61 Å². The zero-order valence-corrected chi connectivity index (χ0v) is 23.3. The molecule has 0 saturated carbocycles. The number of esters is 4. The van der Waals surface area contributed by atoms with Crippen LogP contribution in [0.5, 0.6) is 5.75 Å². The van der Waals surface area contributed by atoms with Gasteiger partial charge < -0.3 is 28.4 Å². The molecule has 1 aliphatic rings. The van der Waals surface area contributed by atoms with Crippen molar-refractivity contribution >= 4 is 23.9 Å². The normalized spacial score (nSPS) is 21.6. The molecule has 222 valence electrons. The number of ether oxygens (including phenoxy) is 6. The lowest BCUT2D eigenvalue weighted by Gasteiger charge is -2.44. The number of carbonyl (C=O) groups excluding carboxylic acids is 4. The summed E-state index contributed by atoms with van der Waals surface area (Å²) in [6, 6.07) is 14.7. The summed E-state index contributed by atoms with van der Waals surface area (Å²) in [6.45, 7) is 4.30. The Bertz CT molecular complexity index is 1410. The highest BCUT2D eigenvalue weighted by Gasteiger charge is 2.53. The van der Waals surface area contributed by atoms with Gasteiger partial charge in [-0.3, -0.25) is 19.2 Å². The Balaban J connectivity index is 1.70. The van der Waals surface area contributed by atoms with Crippen molar-refractivity contribution in [2.45, 2.75) is 64.8 Å². The number of para-hydroxylation sites is 1. The number of nitrogens with zero attached hydrogens (tertiary/aromatic N) is 3. The summed E-state index contributed by atoms with van der Waals surface area (Å²) in [5.41, 5.74) is 2.37. The quantitative estimate of drug-likeness (QED) is 0.271. The smallest absolute Gasteiger partial charge is 0.303 e. The van der Waals surface area contributed by atoms with Gasteiger partial charge in [0.15, 0.2) is 18.0 Å². The molecular formula is C28H30N4O10. The number of tetrazole rings is 1. The molecule has 1 saturated heterocycles. The van der Waals surface area contributed by atoms with Gasteiger partial charge in [0.1, 0.15) is 18.5 Å². The third kappa shape index (κ3) is 7.87. The number of carbonyl (C=O) groups is 4. The fourth-order valence-electron chi connectivity index (χ4n) is 4.51. The van der Waals surface area contributed by atoms with Crippen LogP contribution in [0.25, 0.3) is 11.1 Å². The Morgan fingerprint density at radius 1 is 0.833 bits per heavy atom. The third-order valence-electron chi connectivity index (χ3n) is 6.07. The van der Waals surface area contributed by atoms with Crippen LogP contribution in [-0.4, -0.2) is 81.8 Å². The number of hydrogen-bond donors (Lipinski definition) is 1. The molecule has 0 unspecified atom stereocenters. The van der Waals surface area contributed by atoms with E-state index in [-0.39, 0.29) is 6.61 Å². The van der Waals surface area contributed by atoms with E-state index in [4.69, 9.17) is 28.4 Å². The van der Waals surface area contributed by atoms with Crippen LogP contribution < -0.4 is 4.74 Å². The van der Waals surface area contributed by atoms with E-state index in [0.29, 0.717) is 23.6 Å². The van der Waals surface area contributed by atoms with Gasteiger partial charge in [-0.1, -0.05) is 47.7 Å². The maximum absolute atomic E-state index is 12.2. The summed E-state index contributed by atoms with van der Waals surface area (Å²) in [7, 11) is 0. The topological polar surface area (TPSA) is 178 Å². The van der Waals surface area contributed by atoms with E-state index < -0.39 is 54.6 Å². The average Bonchev–Trinajstić information content (AvgIpc) is 3.43. The third-order valence-corrected chi connectivity index (χ3v) is 6.07. The van der Waals surface area contributed by atoms with Gasteiger partial charge in [0.05, 0.1) is 0 Å². The van der Waals surface area contributed by atoms with Crippen LogP contribution in [0.3, 0.4) is 0 Å². The van der Waals surface area contributed by atoms with Crippen molar-refractivity contribution in [1.82, 2.24) is 20.6 Å². The number of aromatic amines is 1. The summed E-state index contributed by atoms with van der Waals surface area (Å²) in [5.74, 6) is -1.93. The summed E-state index contributed by atoms with van der Waals surface area (Å²) < 4.78 is 33.9. The SMILES string of the molecule is CC(=O)OC[C@H]1O[C@H](Oc2ccccc2-c2cccc(Cc3nn[nH]n3)c2)[C@@H](OC(C)=O)[C@@H](OC(C)=O)[C@@H]1OC(C)=O. The van der Waals surface area contributed by atoms with Gasteiger partial charge in [0.25, 0.3) is 0 Å². The Labute approximate surface area is 240 Å². The lowest BCUT2D eigenvalue weighted by Crippen LogP contribution is -2.63. The van der Waals surface area contributed by atoms with Gasteiger partial charge in [-0.25, -0.2) is 0 Å². The minimum atomic E-state index is -1.37. The molecule has 42 heavy (non-hydrogen) atoms. The molecule has 0 spiro atoms. The van der Waals surface area contributed by atoms with Crippen molar-refractivity contribution in [3.63, 3.8) is 0 Å². The molecule has 2 aromatic carbocycles. The lowest BCUT2D eigenvalue weighted by atomic mass is 9.97. The number of rotatable bonds is 10. The summed E-state index contributed by atoms with van der Waals surface area (Å²) >= 11 is 0. The van der Waals surface area contributed by atoms with Crippen molar-refractivity contribution in [2.24, 2.45) is 0 Å². The Morgan fingerprint density at radius 2 is 1.52 bits per heavy atom. The van der Waals surface area contributed by atoms with E-state index >= 15 is 0 Å². The molecule has 2 heterocycles. The van der Waals surface area contributed by atoms with Crippen LogP contribution in [0.4, 0.5) is 0 Å². The highest BCUT2D eigenvalue weighted by Crippen LogP contribution is 2.35. The molecule has 1 aliphatic heterocycles. The molecule has 0 aliphatic carbocycles. The molecule has 14 nitrogen and oxygen atoms in total. The number of hydrogen-bond acceptors (Lipinski definition) is 13. The standard InChI is InChI=1S/C28H30N4O10/c1-15(33)37-14-23-25(38-16(2)34)26(39-17(3)35)27(40-18(4)36)28(42-23)41-22-11-6-5-10-21(22)20-9-7-8-19(12-20)13-24-29-31-32-30-24/h5-12,23,25-28H,13-14H2,1-4H3,(H,29,30,31,32)/t23-,25-,26+,27+,28+/m1/s1. The van der Waals surface area contributed by atoms with Crippen LogP contribution in [-0.2, 0) is 49.3 Å². The van der Waals surface area contributed by atoms with E-state index in [1.807, 2.05) is 36.4 Å². The first-order chi connectivity index (χ1) is 20.1. The highest BCUT2D eigenvalue weighted by atomic mass is 16.7. The molecule has 0 amide bonds. The minimum Gasteiger partial charge on any atom is -0.463 e. The number of H-pyrrole nitrogens is 1. The highest BCUT2D eigenvalue weighted by molar-refractivity contribution is 5.71. The van der Waals surface area contributed by atoms with Crippen molar-refractivity contribution in [3.05, 3.63) is 59.9 Å². The van der Waals surface area contributed by atoms with Crippen LogP contribution in [0.1, 0.15) is 39.1 Å². The van der Waals surface area contributed by atoms with Gasteiger partial charge in [0, 0.05) is 39.7 Å². The summed E-state index contributed by atoms with van der Waals surface area (Å²) in [6.07, 6.45) is -6.06. The predicted molar refractivity (Wildman–Crippen MR) is 141 cm³/mol. The van der Waals surface area contributed by atoms with Crippen molar-refractivity contribution < 1.29 is 47.6 Å². The molecule has 1 aromatic heterocycles. The first kappa shape index (κ1) is 30.1. The largest absolute Gasteiger partial charge is 0.463 e. The van der Waals surface area contributed by atoms with Crippen molar-refractivity contribution in [3.8, 4) is 16.9 Å². The molecule has 5 atom stereocenters. The number of benzene rings is 2. The van der Waals surface area contributed by atoms with Gasteiger partial charge in [0.2, 0.25) is 12.4 Å². The van der Waals surface area contributed by atoms with Crippen LogP contribution in [0.2, 0.25) is 0 Å². The molecule has 1 fully saturated rings. The average molecular weight is 583 g/mol. The Hall–Kier alpha value is -4.85. The number of nitrogens with one attached hydrogen (secondary N) is 1. The Kier molecular flexibility index (Phi) is 9.81. The minimum absolute atomic E-state index is 0.343. The second-order valence-electron chi connectivity index (χ2n) is 9.39. The summed E-state index contributed by atoms with van der Waals surface area (Å²) in [4.78, 5) is 47.8. The maximum atomic E-state index is 12.2. The van der Waals surface area contributed by atoms with Gasteiger partial charge >= 0.3 is 23.9 Å².